The smallest absolute Gasteiger partial charge is 0.162 e. The molecule has 1 aromatic carbocycles. The zero-order valence-electron chi connectivity index (χ0n) is 18.3. The Morgan fingerprint density at radius 1 is 1.28 bits per heavy atom. The molecule has 0 bridgehead atoms. The zero-order valence-corrected chi connectivity index (χ0v) is 18.3. The van der Waals surface area contributed by atoms with Gasteiger partial charge in [-0.15, -0.1) is 0 Å². The molecule has 1 aliphatic heterocycles. The summed E-state index contributed by atoms with van der Waals surface area (Å²) in [6.07, 6.45) is 5.33. The standard InChI is InChI=1S/C23H28N6O3/c1-15-21(20-12-25-7-8-26-20)28-23(29-22(15)27-17-6-9-31-13-17)16-4-3-5-19(10-16)32-14-18(30)11-24-2/h3-5,7-8,10,12,17-18,24,30H,6,9,11,13-14H2,1-2H3,(H,27,28,29)/t17-,18?/m1/s1. The Kier molecular flexibility index (Phi) is 7.21. The first kappa shape index (κ1) is 22.1. The van der Waals surface area contributed by atoms with E-state index in [1.54, 1.807) is 25.6 Å². The first-order valence-corrected chi connectivity index (χ1v) is 10.7. The lowest BCUT2D eigenvalue weighted by Crippen LogP contribution is -2.29. The SMILES string of the molecule is CNCC(O)COc1cccc(-c2nc(N[C@@H]3CCOC3)c(C)c(-c3cnccn3)n2)c1. The number of rotatable bonds is 9. The second-order valence-corrected chi connectivity index (χ2v) is 7.72. The number of likely N-dealkylation sites (N-methyl/N-ethyl adjacent to an activating group) is 1. The van der Waals surface area contributed by atoms with Crippen molar-refractivity contribution in [2.75, 3.05) is 38.7 Å². The Morgan fingerprint density at radius 2 is 2.19 bits per heavy atom. The molecule has 0 saturated carbocycles. The fraction of sp³-hybridized carbons (Fsp3) is 0.391. The maximum absolute atomic E-state index is 9.92. The minimum Gasteiger partial charge on any atom is -0.491 e. The lowest BCUT2D eigenvalue weighted by atomic mass is 10.1. The summed E-state index contributed by atoms with van der Waals surface area (Å²) >= 11 is 0. The van der Waals surface area contributed by atoms with Crippen LogP contribution >= 0.6 is 0 Å². The minimum absolute atomic E-state index is 0.193. The van der Waals surface area contributed by atoms with Crippen molar-refractivity contribution in [2.24, 2.45) is 0 Å². The van der Waals surface area contributed by atoms with Crippen molar-refractivity contribution in [3.05, 3.63) is 48.4 Å². The van der Waals surface area contributed by atoms with Crippen molar-refractivity contribution in [1.29, 1.82) is 0 Å². The molecule has 1 aliphatic rings. The van der Waals surface area contributed by atoms with Gasteiger partial charge in [-0.3, -0.25) is 9.97 Å². The van der Waals surface area contributed by atoms with Crippen LogP contribution in [-0.4, -0.2) is 70.6 Å². The Labute approximate surface area is 187 Å². The van der Waals surface area contributed by atoms with E-state index in [1.807, 2.05) is 31.2 Å². The number of aromatic nitrogens is 4. The highest BCUT2D eigenvalue weighted by Crippen LogP contribution is 2.30. The van der Waals surface area contributed by atoms with Crippen LogP contribution in [0, 0.1) is 6.92 Å². The summed E-state index contributed by atoms with van der Waals surface area (Å²) in [4.78, 5) is 18.3. The highest BCUT2D eigenvalue weighted by molar-refractivity contribution is 5.70. The molecule has 32 heavy (non-hydrogen) atoms. The molecule has 9 nitrogen and oxygen atoms in total. The van der Waals surface area contributed by atoms with Crippen LogP contribution in [0.4, 0.5) is 5.82 Å². The summed E-state index contributed by atoms with van der Waals surface area (Å²) in [5, 5.41) is 16.3. The number of hydrogen-bond donors (Lipinski definition) is 3. The van der Waals surface area contributed by atoms with Gasteiger partial charge in [-0.05, 0) is 32.5 Å². The molecule has 0 amide bonds. The summed E-state index contributed by atoms with van der Waals surface area (Å²) < 4.78 is 11.3. The second-order valence-electron chi connectivity index (χ2n) is 7.72. The topological polar surface area (TPSA) is 114 Å². The van der Waals surface area contributed by atoms with E-state index in [-0.39, 0.29) is 12.6 Å². The summed E-state index contributed by atoms with van der Waals surface area (Å²) in [6.45, 7) is 4.02. The van der Waals surface area contributed by atoms with Crippen LogP contribution in [0.2, 0.25) is 0 Å². The highest BCUT2D eigenvalue weighted by Gasteiger charge is 2.20. The number of nitrogens with zero attached hydrogens (tertiary/aromatic N) is 4. The quantitative estimate of drug-likeness (QED) is 0.464. The lowest BCUT2D eigenvalue weighted by Gasteiger charge is -2.17. The van der Waals surface area contributed by atoms with E-state index < -0.39 is 6.10 Å². The molecule has 2 atom stereocenters. The van der Waals surface area contributed by atoms with E-state index in [0.29, 0.717) is 30.4 Å². The zero-order chi connectivity index (χ0) is 22.3. The third-order valence-corrected chi connectivity index (χ3v) is 5.20. The predicted molar refractivity (Wildman–Crippen MR) is 122 cm³/mol. The summed E-state index contributed by atoms with van der Waals surface area (Å²) in [7, 11) is 1.79. The highest BCUT2D eigenvalue weighted by atomic mass is 16.5. The van der Waals surface area contributed by atoms with E-state index in [9.17, 15) is 5.11 Å². The Bertz CT molecular complexity index is 1030. The molecule has 2 aromatic heterocycles. The molecule has 1 saturated heterocycles. The van der Waals surface area contributed by atoms with Gasteiger partial charge in [-0.25, -0.2) is 9.97 Å². The number of nitrogens with one attached hydrogen (secondary N) is 2. The summed E-state index contributed by atoms with van der Waals surface area (Å²) in [5.41, 5.74) is 3.12. The molecule has 1 unspecified atom stereocenters. The van der Waals surface area contributed by atoms with Crippen molar-refractivity contribution in [3.8, 4) is 28.5 Å². The predicted octanol–water partition coefficient (Wildman–Crippen LogP) is 2.07. The molecule has 0 spiro atoms. The molecule has 3 heterocycles. The van der Waals surface area contributed by atoms with Crippen LogP contribution in [0.25, 0.3) is 22.8 Å². The van der Waals surface area contributed by atoms with E-state index in [2.05, 4.69) is 20.6 Å². The number of ether oxygens (including phenoxy) is 2. The van der Waals surface area contributed by atoms with Gasteiger partial charge in [0.25, 0.3) is 0 Å². The summed E-state index contributed by atoms with van der Waals surface area (Å²) in [5.74, 6) is 1.95. The molecule has 0 aliphatic carbocycles. The number of aliphatic hydroxyl groups is 1. The van der Waals surface area contributed by atoms with E-state index in [1.165, 1.54) is 0 Å². The van der Waals surface area contributed by atoms with Crippen LogP contribution < -0.4 is 15.4 Å². The number of hydrogen-bond acceptors (Lipinski definition) is 9. The van der Waals surface area contributed by atoms with Gasteiger partial charge in [-0.2, -0.15) is 0 Å². The molecule has 3 N–H and O–H groups in total. The van der Waals surface area contributed by atoms with Crippen molar-refractivity contribution in [2.45, 2.75) is 25.5 Å². The fourth-order valence-corrected chi connectivity index (χ4v) is 3.51. The van der Waals surface area contributed by atoms with Gasteiger partial charge in [0.2, 0.25) is 0 Å². The number of benzene rings is 1. The van der Waals surface area contributed by atoms with Gasteiger partial charge < -0.3 is 25.2 Å². The maximum atomic E-state index is 9.92. The van der Waals surface area contributed by atoms with Crippen molar-refractivity contribution >= 4 is 5.82 Å². The number of aliphatic hydroxyl groups excluding tert-OH is 1. The first-order chi connectivity index (χ1) is 15.6. The molecular weight excluding hydrogens is 408 g/mol. The average Bonchev–Trinajstić information content (AvgIpc) is 3.33. The van der Waals surface area contributed by atoms with Gasteiger partial charge in [0.15, 0.2) is 5.82 Å². The fourth-order valence-electron chi connectivity index (χ4n) is 3.51. The Balaban J connectivity index is 1.67. The van der Waals surface area contributed by atoms with Crippen molar-refractivity contribution in [1.82, 2.24) is 25.3 Å². The minimum atomic E-state index is -0.591. The van der Waals surface area contributed by atoms with Gasteiger partial charge >= 0.3 is 0 Å². The normalized spacial score (nSPS) is 16.7. The van der Waals surface area contributed by atoms with Crippen molar-refractivity contribution < 1.29 is 14.6 Å². The molecule has 3 aromatic rings. The third-order valence-electron chi connectivity index (χ3n) is 5.20. The van der Waals surface area contributed by atoms with Crippen molar-refractivity contribution in [3.63, 3.8) is 0 Å². The lowest BCUT2D eigenvalue weighted by molar-refractivity contribution is 0.108. The third kappa shape index (κ3) is 5.37. The number of anilines is 1. The largest absolute Gasteiger partial charge is 0.491 e. The summed E-state index contributed by atoms with van der Waals surface area (Å²) in [6, 6.07) is 7.75. The molecule has 4 rings (SSSR count). The van der Waals surface area contributed by atoms with Gasteiger partial charge in [0.1, 0.15) is 30.0 Å². The van der Waals surface area contributed by atoms with Crippen LogP contribution in [0.15, 0.2) is 42.9 Å². The van der Waals surface area contributed by atoms with Gasteiger partial charge in [-0.1, -0.05) is 12.1 Å². The Morgan fingerprint density at radius 3 is 2.94 bits per heavy atom. The molecule has 0 radical (unpaired) electrons. The second kappa shape index (κ2) is 10.4. The molecule has 1 fully saturated rings. The maximum Gasteiger partial charge on any atom is 0.162 e. The van der Waals surface area contributed by atoms with Crippen LogP contribution in [0.5, 0.6) is 5.75 Å². The van der Waals surface area contributed by atoms with Crippen LogP contribution in [0.3, 0.4) is 0 Å². The van der Waals surface area contributed by atoms with Gasteiger partial charge in [0, 0.05) is 36.7 Å². The average molecular weight is 437 g/mol. The van der Waals surface area contributed by atoms with E-state index in [0.717, 1.165) is 35.7 Å². The van der Waals surface area contributed by atoms with Crippen LogP contribution in [0.1, 0.15) is 12.0 Å². The van der Waals surface area contributed by atoms with Crippen LogP contribution in [-0.2, 0) is 4.74 Å². The molecule has 168 valence electrons. The first-order valence-electron chi connectivity index (χ1n) is 10.7. The monoisotopic (exact) mass is 436 g/mol. The molecule has 9 heteroatoms. The Hall–Kier alpha value is -3.14. The van der Waals surface area contributed by atoms with E-state index in [4.69, 9.17) is 19.4 Å². The van der Waals surface area contributed by atoms with Gasteiger partial charge in [0.05, 0.1) is 24.5 Å². The van der Waals surface area contributed by atoms with E-state index >= 15 is 0 Å². The molecular formula is C23H28N6O3.